The average molecular weight is 405 g/mol. The fourth-order valence-electron chi connectivity index (χ4n) is 3.04. The van der Waals surface area contributed by atoms with E-state index in [-0.39, 0.29) is 23.7 Å². The molecule has 5 rings (SSSR count). The highest BCUT2D eigenvalue weighted by atomic mass is 16.3. The molecule has 0 radical (unpaired) electrons. The van der Waals surface area contributed by atoms with Gasteiger partial charge >= 0.3 is 5.69 Å². The Bertz CT molecular complexity index is 1380. The fourth-order valence-corrected chi connectivity index (χ4v) is 3.04. The largest absolute Gasteiger partial charge is 0.493 e. The van der Waals surface area contributed by atoms with Crippen LogP contribution in [0.2, 0.25) is 0 Å². The molecule has 30 heavy (non-hydrogen) atoms. The molecule has 4 N–H and O–H groups in total. The Labute approximate surface area is 169 Å². The Morgan fingerprint density at radius 3 is 2.90 bits per heavy atom. The third-order valence-electron chi connectivity index (χ3n) is 4.74. The summed E-state index contributed by atoms with van der Waals surface area (Å²) in [7, 11) is 0. The number of aromatic nitrogens is 7. The summed E-state index contributed by atoms with van der Waals surface area (Å²) >= 11 is 0. The van der Waals surface area contributed by atoms with Crippen molar-refractivity contribution in [2.24, 2.45) is 4.99 Å². The normalized spacial score (nSPS) is 16.3. The van der Waals surface area contributed by atoms with E-state index in [0.717, 1.165) is 18.5 Å². The minimum Gasteiger partial charge on any atom is -0.493 e. The van der Waals surface area contributed by atoms with Crippen LogP contribution in [0.1, 0.15) is 37.2 Å². The molecule has 1 aliphatic rings. The lowest BCUT2D eigenvalue weighted by molar-refractivity contribution is 0.454. The predicted molar refractivity (Wildman–Crippen MR) is 108 cm³/mol. The lowest BCUT2D eigenvalue weighted by Gasteiger charge is -2.13. The zero-order chi connectivity index (χ0) is 20.7. The Kier molecular flexibility index (Phi) is 4.27. The second-order valence-electron chi connectivity index (χ2n) is 7.15. The Balaban J connectivity index is 1.63. The van der Waals surface area contributed by atoms with Crippen molar-refractivity contribution in [3.05, 3.63) is 63.3 Å². The molecule has 4 aromatic heterocycles. The van der Waals surface area contributed by atoms with Gasteiger partial charge in [-0.1, -0.05) is 6.07 Å². The van der Waals surface area contributed by atoms with Crippen LogP contribution >= 0.6 is 0 Å². The van der Waals surface area contributed by atoms with Crippen molar-refractivity contribution in [1.29, 1.82) is 0 Å². The van der Waals surface area contributed by atoms with E-state index in [0.29, 0.717) is 22.4 Å². The number of aromatic hydroxyl groups is 1. The van der Waals surface area contributed by atoms with E-state index in [1.54, 1.807) is 23.0 Å². The lowest BCUT2D eigenvalue weighted by atomic mass is 10.2. The van der Waals surface area contributed by atoms with Crippen LogP contribution in [0.15, 0.2) is 40.4 Å². The van der Waals surface area contributed by atoms with Crippen LogP contribution < -0.4 is 21.8 Å². The molecule has 4 heterocycles. The van der Waals surface area contributed by atoms with E-state index < -0.39 is 5.69 Å². The summed E-state index contributed by atoms with van der Waals surface area (Å²) in [5.41, 5.74) is 1.55. The first-order chi connectivity index (χ1) is 14.6. The van der Waals surface area contributed by atoms with E-state index in [2.05, 4.69) is 40.3 Å². The van der Waals surface area contributed by atoms with Gasteiger partial charge in [0.2, 0.25) is 11.8 Å². The quantitative estimate of drug-likeness (QED) is 0.366. The van der Waals surface area contributed by atoms with Crippen molar-refractivity contribution in [1.82, 2.24) is 34.5 Å². The van der Waals surface area contributed by atoms with Gasteiger partial charge in [-0.25, -0.2) is 9.79 Å². The van der Waals surface area contributed by atoms with Crippen molar-refractivity contribution in [3.63, 3.8) is 0 Å². The molecule has 1 saturated carbocycles. The number of nitrogens with one attached hydrogen (secondary N) is 3. The molecule has 0 unspecified atom stereocenters. The second kappa shape index (κ2) is 7.10. The SMILES string of the molecule is C[C@H](Nc1nc(=NC2CC2)n2nc/c(=C\c3[nH]c(=O)[nH]c3O)c2n1)c1ccccn1. The Hall–Kier alpha value is -4.02. The number of hydrogen-bond donors (Lipinski definition) is 4. The zero-order valence-electron chi connectivity index (χ0n) is 16.1. The molecule has 152 valence electrons. The summed E-state index contributed by atoms with van der Waals surface area (Å²) < 4.78 is 1.56. The van der Waals surface area contributed by atoms with Gasteiger partial charge in [0.15, 0.2) is 5.65 Å². The molecular formula is C19H19N9O2. The minimum atomic E-state index is -0.499. The number of fused-ring (bicyclic) bond motifs is 1. The van der Waals surface area contributed by atoms with E-state index in [1.165, 1.54) is 0 Å². The zero-order valence-corrected chi connectivity index (χ0v) is 16.1. The highest BCUT2D eigenvalue weighted by Gasteiger charge is 2.21. The van der Waals surface area contributed by atoms with Crippen molar-refractivity contribution in [3.8, 4) is 5.88 Å². The number of nitrogens with zero attached hydrogens (tertiary/aromatic N) is 6. The maximum Gasteiger partial charge on any atom is 0.326 e. The summed E-state index contributed by atoms with van der Waals surface area (Å²) in [6.45, 7) is 1.97. The van der Waals surface area contributed by atoms with Gasteiger partial charge in [-0.05, 0) is 38.0 Å². The standard InChI is InChI=1S/C19H19N9O2/c1-10(13-4-2-3-7-20-13)22-17-25-15-11(8-14-16(29)26-19(30)24-14)9-21-28(15)18(27-17)23-12-5-6-12/h2-4,7-10,12,29H,5-6H2,1H3,(H,22,23,27)(H2,24,26,30)/b11-8+/t10-/m0/s1. The van der Waals surface area contributed by atoms with Crippen LogP contribution in [0.25, 0.3) is 11.7 Å². The van der Waals surface area contributed by atoms with Gasteiger partial charge < -0.3 is 15.4 Å². The first-order valence-corrected chi connectivity index (χ1v) is 9.57. The van der Waals surface area contributed by atoms with Crippen LogP contribution in [0.4, 0.5) is 5.95 Å². The monoisotopic (exact) mass is 405 g/mol. The van der Waals surface area contributed by atoms with Crippen LogP contribution in [0.5, 0.6) is 5.88 Å². The number of imidazole rings is 1. The van der Waals surface area contributed by atoms with Crippen LogP contribution in [-0.4, -0.2) is 45.7 Å². The maximum absolute atomic E-state index is 11.4. The van der Waals surface area contributed by atoms with E-state index in [9.17, 15) is 9.90 Å². The highest BCUT2D eigenvalue weighted by Crippen LogP contribution is 2.22. The van der Waals surface area contributed by atoms with Crippen LogP contribution in [0.3, 0.4) is 0 Å². The van der Waals surface area contributed by atoms with Crippen LogP contribution in [0, 0.1) is 0 Å². The van der Waals surface area contributed by atoms with E-state index >= 15 is 0 Å². The van der Waals surface area contributed by atoms with Gasteiger partial charge in [0.25, 0.3) is 5.62 Å². The molecule has 11 heteroatoms. The van der Waals surface area contributed by atoms with Crippen molar-refractivity contribution >= 4 is 17.7 Å². The van der Waals surface area contributed by atoms with Gasteiger partial charge in [-0.2, -0.15) is 19.6 Å². The molecule has 0 aliphatic heterocycles. The number of pyridine rings is 1. The Morgan fingerprint density at radius 1 is 1.33 bits per heavy atom. The summed E-state index contributed by atoms with van der Waals surface area (Å²) in [5.74, 6) is 0.139. The molecule has 0 spiro atoms. The second-order valence-corrected chi connectivity index (χ2v) is 7.15. The number of anilines is 1. The third-order valence-corrected chi connectivity index (χ3v) is 4.74. The lowest BCUT2D eigenvalue weighted by Crippen LogP contribution is -2.25. The third kappa shape index (κ3) is 3.52. The van der Waals surface area contributed by atoms with Gasteiger partial charge in [-0.3, -0.25) is 9.97 Å². The first kappa shape index (κ1) is 18.0. The van der Waals surface area contributed by atoms with Gasteiger partial charge in [-0.15, -0.1) is 0 Å². The van der Waals surface area contributed by atoms with E-state index in [4.69, 9.17) is 0 Å². The Morgan fingerprint density at radius 2 is 2.20 bits per heavy atom. The maximum atomic E-state index is 11.4. The van der Waals surface area contributed by atoms with Crippen molar-refractivity contribution in [2.75, 3.05) is 5.32 Å². The summed E-state index contributed by atoms with van der Waals surface area (Å²) in [6, 6.07) is 5.83. The highest BCUT2D eigenvalue weighted by molar-refractivity contribution is 5.57. The first-order valence-electron chi connectivity index (χ1n) is 9.57. The smallest absolute Gasteiger partial charge is 0.326 e. The molecule has 4 aromatic rings. The molecule has 0 amide bonds. The molecule has 11 nitrogen and oxygen atoms in total. The number of aromatic amines is 2. The van der Waals surface area contributed by atoms with Crippen molar-refractivity contribution < 1.29 is 5.11 Å². The average Bonchev–Trinajstić information content (AvgIpc) is 3.37. The molecule has 0 aromatic carbocycles. The molecule has 1 aliphatic carbocycles. The number of H-pyrrole nitrogens is 2. The molecule has 1 fully saturated rings. The van der Waals surface area contributed by atoms with Crippen molar-refractivity contribution in [2.45, 2.75) is 31.8 Å². The molecule has 0 bridgehead atoms. The topological polar surface area (TPSA) is 149 Å². The van der Waals surface area contributed by atoms with E-state index in [1.807, 2.05) is 25.1 Å². The fraction of sp³-hybridized carbons (Fsp3) is 0.263. The van der Waals surface area contributed by atoms with Gasteiger partial charge in [0.1, 0.15) is 5.69 Å². The summed E-state index contributed by atoms with van der Waals surface area (Å²) in [5, 5.41) is 18.1. The van der Waals surface area contributed by atoms with Gasteiger partial charge in [0, 0.05) is 11.4 Å². The van der Waals surface area contributed by atoms with Crippen LogP contribution in [-0.2, 0) is 0 Å². The minimum absolute atomic E-state index is 0.122. The molecule has 1 atom stereocenters. The predicted octanol–water partition coefficient (Wildman–Crippen LogP) is 0.0252. The summed E-state index contributed by atoms with van der Waals surface area (Å²) in [6.07, 6.45) is 6.97. The van der Waals surface area contributed by atoms with Gasteiger partial charge in [0.05, 0.1) is 24.0 Å². The number of rotatable bonds is 5. The molecule has 0 saturated heterocycles. The molecular weight excluding hydrogens is 386 g/mol. The summed E-state index contributed by atoms with van der Waals surface area (Å²) in [4.78, 5) is 34.4. The number of hydrogen-bond acceptors (Lipinski definition) is 8.